The Bertz CT molecular complexity index is 627. The fourth-order valence-corrected chi connectivity index (χ4v) is 4.68. The highest BCUT2D eigenvalue weighted by Crippen LogP contribution is 2.33. The van der Waals surface area contributed by atoms with E-state index in [4.69, 9.17) is 5.10 Å². The van der Waals surface area contributed by atoms with E-state index in [-0.39, 0.29) is 0 Å². The van der Waals surface area contributed by atoms with Gasteiger partial charge in [0.25, 0.3) is 0 Å². The molecule has 2 heterocycles. The van der Waals surface area contributed by atoms with E-state index >= 15 is 0 Å². The first-order chi connectivity index (χ1) is 10.9. The Balaban J connectivity index is 1.64. The van der Waals surface area contributed by atoms with Crippen LogP contribution in [0.15, 0.2) is 6.20 Å². The van der Waals surface area contributed by atoms with Crippen LogP contribution in [0.25, 0.3) is 0 Å². The van der Waals surface area contributed by atoms with Crippen molar-refractivity contribution in [3.05, 3.63) is 17.5 Å². The third-order valence-electron chi connectivity index (χ3n) is 5.12. The van der Waals surface area contributed by atoms with Gasteiger partial charge < -0.3 is 0 Å². The zero-order valence-electron chi connectivity index (χ0n) is 14.2. The topological polar surface area (TPSA) is 58.4 Å². The number of sulfonamides is 1. The maximum Gasteiger partial charge on any atom is 0.211 e. The van der Waals surface area contributed by atoms with E-state index in [2.05, 4.69) is 11.1 Å². The summed E-state index contributed by atoms with van der Waals surface area (Å²) < 4.78 is 26.7. The van der Waals surface area contributed by atoms with Crippen molar-refractivity contribution in [2.75, 3.05) is 32.4 Å². The minimum absolute atomic E-state index is 0.595. The highest BCUT2D eigenvalue weighted by molar-refractivity contribution is 7.88. The lowest BCUT2D eigenvalue weighted by Crippen LogP contribution is -2.47. The van der Waals surface area contributed by atoms with E-state index in [1.807, 2.05) is 11.7 Å². The van der Waals surface area contributed by atoms with Gasteiger partial charge in [0.05, 0.1) is 11.9 Å². The number of aromatic nitrogens is 2. The molecule has 3 rings (SSSR count). The van der Waals surface area contributed by atoms with Gasteiger partial charge in [-0.05, 0) is 12.8 Å². The van der Waals surface area contributed by atoms with E-state index < -0.39 is 10.0 Å². The number of nitrogens with zero attached hydrogens (tertiary/aromatic N) is 4. The van der Waals surface area contributed by atoms with E-state index in [1.54, 1.807) is 4.31 Å². The summed E-state index contributed by atoms with van der Waals surface area (Å²) in [6.45, 7) is 3.67. The lowest BCUT2D eigenvalue weighted by atomic mass is 9.85. The second-order valence-corrected chi connectivity index (χ2v) is 8.97. The van der Waals surface area contributed by atoms with Gasteiger partial charge in [0.15, 0.2) is 0 Å². The lowest BCUT2D eigenvalue weighted by Gasteiger charge is -2.33. The largest absolute Gasteiger partial charge is 0.296 e. The molecule has 23 heavy (non-hydrogen) atoms. The monoisotopic (exact) mass is 340 g/mol. The Morgan fingerprint density at radius 2 is 1.78 bits per heavy atom. The van der Waals surface area contributed by atoms with Crippen molar-refractivity contribution in [2.45, 2.75) is 44.6 Å². The molecule has 0 bridgehead atoms. The first-order valence-electron chi connectivity index (χ1n) is 8.63. The third-order valence-corrected chi connectivity index (χ3v) is 6.43. The van der Waals surface area contributed by atoms with Crippen LogP contribution in [0.2, 0.25) is 0 Å². The van der Waals surface area contributed by atoms with Crippen molar-refractivity contribution in [3.63, 3.8) is 0 Å². The summed E-state index contributed by atoms with van der Waals surface area (Å²) >= 11 is 0. The van der Waals surface area contributed by atoms with Crippen LogP contribution in [0.3, 0.4) is 0 Å². The second-order valence-electron chi connectivity index (χ2n) is 6.99. The summed E-state index contributed by atoms with van der Waals surface area (Å²) in [4.78, 5) is 2.35. The summed E-state index contributed by atoms with van der Waals surface area (Å²) in [5.41, 5.74) is 2.60. The fourth-order valence-electron chi connectivity index (χ4n) is 3.86. The van der Waals surface area contributed by atoms with Gasteiger partial charge >= 0.3 is 0 Å². The number of hydrogen-bond acceptors (Lipinski definition) is 4. The Hall–Kier alpha value is -0.920. The summed E-state index contributed by atoms with van der Waals surface area (Å²) in [6, 6.07) is 0. The standard InChI is InChI=1S/C16H28N4O2S/c1-18-12-15(16(17-18)14-6-4-3-5-7-14)13-19-8-10-20(11-9-19)23(2,21)22/h12,14H,3-11,13H2,1-2H3. The van der Waals surface area contributed by atoms with Gasteiger partial charge in [0, 0.05) is 57.4 Å². The van der Waals surface area contributed by atoms with Crippen LogP contribution in [0.5, 0.6) is 0 Å². The molecule has 0 radical (unpaired) electrons. The van der Waals surface area contributed by atoms with Crippen LogP contribution in [-0.4, -0.2) is 59.8 Å². The molecule has 0 amide bonds. The van der Waals surface area contributed by atoms with Crippen LogP contribution in [0, 0.1) is 0 Å². The van der Waals surface area contributed by atoms with Gasteiger partial charge in [-0.1, -0.05) is 19.3 Å². The fraction of sp³-hybridized carbons (Fsp3) is 0.812. The van der Waals surface area contributed by atoms with Crippen LogP contribution in [0.4, 0.5) is 0 Å². The zero-order valence-corrected chi connectivity index (χ0v) is 15.1. The maximum absolute atomic E-state index is 11.6. The molecule has 1 aromatic rings. The van der Waals surface area contributed by atoms with Crippen molar-refractivity contribution in [3.8, 4) is 0 Å². The van der Waals surface area contributed by atoms with E-state index in [9.17, 15) is 8.42 Å². The molecule has 1 aromatic heterocycles. The predicted molar refractivity (Wildman–Crippen MR) is 90.7 cm³/mol. The van der Waals surface area contributed by atoms with Gasteiger partial charge in [-0.25, -0.2) is 8.42 Å². The molecule has 0 N–H and O–H groups in total. The molecule has 1 saturated heterocycles. The number of hydrogen-bond donors (Lipinski definition) is 0. The van der Waals surface area contributed by atoms with Crippen LogP contribution in [-0.2, 0) is 23.6 Å². The zero-order chi connectivity index (χ0) is 16.4. The highest BCUT2D eigenvalue weighted by Gasteiger charge is 2.26. The predicted octanol–water partition coefficient (Wildman–Crippen LogP) is 1.54. The molecule has 0 aromatic carbocycles. The molecule has 2 fully saturated rings. The molecule has 1 aliphatic carbocycles. The van der Waals surface area contributed by atoms with Gasteiger partial charge in [-0.3, -0.25) is 9.58 Å². The Morgan fingerprint density at radius 1 is 1.13 bits per heavy atom. The number of rotatable bonds is 4. The molecular formula is C16H28N4O2S. The van der Waals surface area contributed by atoms with E-state index in [1.165, 1.54) is 49.6 Å². The van der Waals surface area contributed by atoms with Crippen LogP contribution in [0.1, 0.15) is 49.3 Å². The molecule has 1 saturated carbocycles. The quantitative estimate of drug-likeness (QED) is 0.834. The molecule has 7 heteroatoms. The first-order valence-corrected chi connectivity index (χ1v) is 10.5. The minimum atomic E-state index is -3.05. The van der Waals surface area contributed by atoms with Crippen molar-refractivity contribution >= 4 is 10.0 Å². The first kappa shape index (κ1) is 16.9. The van der Waals surface area contributed by atoms with Gasteiger partial charge in [-0.15, -0.1) is 0 Å². The van der Waals surface area contributed by atoms with Crippen molar-refractivity contribution in [2.24, 2.45) is 7.05 Å². The SMILES string of the molecule is Cn1cc(CN2CCN(S(C)(=O)=O)CC2)c(C2CCCCC2)n1. The summed E-state index contributed by atoms with van der Waals surface area (Å²) in [6.07, 6.45) is 9.93. The van der Waals surface area contributed by atoms with Crippen molar-refractivity contribution in [1.82, 2.24) is 19.0 Å². The maximum atomic E-state index is 11.6. The molecule has 0 unspecified atom stereocenters. The highest BCUT2D eigenvalue weighted by atomic mass is 32.2. The normalized spacial score (nSPS) is 22.5. The lowest BCUT2D eigenvalue weighted by molar-refractivity contribution is 0.181. The number of piperazine rings is 1. The van der Waals surface area contributed by atoms with E-state index in [0.29, 0.717) is 19.0 Å². The molecular weight excluding hydrogens is 312 g/mol. The van der Waals surface area contributed by atoms with Crippen LogP contribution < -0.4 is 0 Å². The average Bonchev–Trinajstić information content (AvgIpc) is 2.88. The summed E-state index contributed by atoms with van der Waals surface area (Å²) in [7, 11) is -1.06. The molecule has 1 aliphatic heterocycles. The minimum Gasteiger partial charge on any atom is -0.296 e. The smallest absolute Gasteiger partial charge is 0.211 e. The second kappa shape index (κ2) is 6.91. The van der Waals surface area contributed by atoms with Crippen molar-refractivity contribution in [1.29, 1.82) is 0 Å². The Morgan fingerprint density at radius 3 is 2.39 bits per heavy atom. The van der Waals surface area contributed by atoms with Crippen molar-refractivity contribution < 1.29 is 8.42 Å². The summed E-state index contributed by atoms with van der Waals surface area (Å²) in [5, 5.41) is 4.74. The molecule has 2 aliphatic rings. The molecule has 130 valence electrons. The van der Waals surface area contributed by atoms with Crippen LogP contribution >= 0.6 is 0 Å². The van der Waals surface area contributed by atoms with E-state index in [0.717, 1.165) is 19.6 Å². The van der Waals surface area contributed by atoms with Gasteiger partial charge in [-0.2, -0.15) is 9.40 Å². The van der Waals surface area contributed by atoms with Gasteiger partial charge in [0.1, 0.15) is 0 Å². The van der Waals surface area contributed by atoms with Gasteiger partial charge in [0.2, 0.25) is 10.0 Å². The molecule has 0 atom stereocenters. The third kappa shape index (κ3) is 4.14. The number of aryl methyl sites for hydroxylation is 1. The Labute approximate surface area is 139 Å². The molecule has 0 spiro atoms. The molecule has 6 nitrogen and oxygen atoms in total. The Kier molecular flexibility index (Phi) is 5.08. The summed E-state index contributed by atoms with van der Waals surface area (Å²) in [5.74, 6) is 0.609. The average molecular weight is 340 g/mol.